The van der Waals surface area contributed by atoms with Crippen LogP contribution in [0.4, 0.5) is 0 Å². The van der Waals surface area contributed by atoms with Gasteiger partial charge in [0.1, 0.15) is 0 Å². The smallest absolute Gasteiger partial charge is 0.157 e. The van der Waals surface area contributed by atoms with Crippen LogP contribution in [-0.2, 0) is 6.42 Å². The van der Waals surface area contributed by atoms with E-state index in [0.717, 1.165) is 31.6 Å². The number of phenolic OH excluding ortho intramolecular Hbond substituents is 2. The topological polar surface area (TPSA) is 43.7 Å². The van der Waals surface area contributed by atoms with Crippen LogP contribution >= 0.6 is 17.0 Å². The average molecular weight is 290 g/mol. The van der Waals surface area contributed by atoms with Crippen LogP contribution in [0.25, 0.3) is 0 Å². The minimum atomic E-state index is -0.0541. The molecular formula is C12H20BrNO2. The van der Waals surface area contributed by atoms with Crippen LogP contribution in [0.15, 0.2) is 18.2 Å². The normalized spacial score (nSPS) is 10.2. The zero-order valence-electron chi connectivity index (χ0n) is 9.81. The van der Waals surface area contributed by atoms with Gasteiger partial charge in [0, 0.05) is 6.54 Å². The Labute approximate surface area is 107 Å². The Morgan fingerprint density at radius 3 is 2.19 bits per heavy atom. The van der Waals surface area contributed by atoms with Crippen LogP contribution in [-0.4, -0.2) is 34.7 Å². The second-order valence-electron chi connectivity index (χ2n) is 3.60. The number of phenols is 2. The summed E-state index contributed by atoms with van der Waals surface area (Å²) in [7, 11) is 0. The second kappa shape index (κ2) is 7.52. The number of hydrogen-bond acceptors (Lipinski definition) is 3. The summed E-state index contributed by atoms with van der Waals surface area (Å²) in [5.41, 5.74) is 1.05. The van der Waals surface area contributed by atoms with E-state index >= 15 is 0 Å². The molecule has 0 aliphatic carbocycles. The third kappa shape index (κ3) is 4.41. The summed E-state index contributed by atoms with van der Waals surface area (Å²) in [4.78, 5) is 2.32. The van der Waals surface area contributed by atoms with Crippen molar-refractivity contribution in [3.8, 4) is 11.5 Å². The molecule has 1 aromatic carbocycles. The molecule has 0 spiro atoms. The first kappa shape index (κ1) is 15.3. The van der Waals surface area contributed by atoms with Crippen molar-refractivity contribution in [1.29, 1.82) is 0 Å². The highest BCUT2D eigenvalue weighted by atomic mass is 79.9. The first-order valence-electron chi connectivity index (χ1n) is 5.40. The van der Waals surface area contributed by atoms with Gasteiger partial charge in [-0.1, -0.05) is 19.9 Å². The number of halogens is 1. The SMILES string of the molecule is Br.CCN(CC)CCc1ccc(O)c(O)c1. The fourth-order valence-corrected chi connectivity index (χ4v) is 1.55. The van der Waals surface area contributed by atoms with Gasteiger partial charge in [0.15, 0.2) is 11.5 Å². The molecule has 3 nitrogen and oxygen atoms in total. The molecule has 0 amide bonds. The molecule has 0 fully saturated rings. The van der Waals surface area contributed by atoms with E-state index in [9.17, 15) is 5.11 Å². The van der Waals surface area contributed by atoms with Gasteiger partial charge in [0.25, 0.3) is 0 Å². The molecule has 0 aliphatic heterocycles. The fourth-order valence-electron chi connectivity index (χ4n) is 1.55. The van der Waals surface area contributed by atoms with E-state index in [4.69, 9.17) is 5.11 Å². The number of benzene rings is 1. The van der Waals surface area contributed by atoms with Gasteiger partial charge in [-0.3, -0.25) is 0 Å². The van der Waals surface area contributed by atoms with E-state index in [1.165, 1.54) is 6.07 Å². The molecule has 0 bridgehead atoms. The summed E-state index contributed by atoms with van der Waals surface area (Å²) >= 11 is 0. The summed E-state index contributed by atoms with van der Waals surface area (Å²) in [6, 6.07) is 5.00. The third-order valence-corrected chi connectivity index (χ3v) is 2.65. The highest BCUT2D eigenvalue weighted by Crippen LogP contribution is 2.24. The van der Waals surface area contributed by atoms with Crippen LogP contribution < -0.4 is 0 Å². The molecule has 92 valence electrons. The Morgan fingerprint density at radius 2 is 1.69 bits per heavy atom. The van der Waals surface area contributed by atoms with E-state index in [1.54, 1.807) is 6.07 Å². The second-order valence-corrected chi connectivity index (χ2v) is 3.60. The summed E-state index contributed by atoms with van der Waals surface area (Å²) in [6.45, 7) is 7.34. The van der Waals surface area contributed by atoms with Gasteiger partial charge in [-0.05, 0) is 37.2 Å². The molecule has 2 N–H and O–H groups in total. The molecule has 0 saturated heterocycles. The standard InChI is InChI=1S/C12H19NO2.BrH/c1-3-13(4-2)8-7-10-5-6-11(14)12(15)9-10;/h5-6,9,14-15H,3-4,7-8H2,1-2H3;1H. The molecule has 1 aromatic rings. The molecule has 0 aromatic heterocycles. The molecular weight excluding hydrogens is 270 g/mol. The minimum Gasteiger partial charge on any atom is -0.504 e. The average Bonchev–Trinajstić information content (AvgIpc) is 2.24. The quantitative estimate of drug-likeness (QED) is 0.819. The van der Waals surface area contributed by atoms with E-state index in [0.29, 0.717) is 0 Å². The Morgan fingerprint density at radius 1 is 1.06 bits per heavy atom. The van der Waals surface area contributed by atoms with Gasteiger partial charge in [-0.2, -0.15) is 0 Å². The van der Waals surface area contributed by atoms with Crippen molar-refractivity contribution in [2.24, 2.45) is 0 Å². The van der Waals surface area contributed by atoms with Crippen LogP contribution in [0, 0.1) is 0 Å². The van der Waals surface area contributed by atoms with E-state index < -0.39 is 0 Å². The van der Waals surface area contributed by atoms with Gasteiger partial charge < -0.3 is 15.1 Å². The van der Waals surface area contributed by atoms with E-state index in [-0.39, 0.29) is 28.5 Å². The van der Waals surface area contributed by atoms with Crippen LogP contribution in [0.2, 0.25) is 0 Å². The van der Waals surface area contributed by atoms with Crippen molar-refractivity contribution in [2.75, 3.05) is 19.6 Å². The first-order chi connectivity index (χ1) is 7.17. The lowest BCUT2D eigenvalue weighted by Crippen LogP contribution is -2.25. The minimum absolute atomic E-state index is 0. The maximum atomic E-state index is 9.32. The van der Waals surface area contributed by atoms with Crippen molar-refractivity contribution in [1.82, 2.24) is 4.90 Å². The first-order valence-corrected chi connectivity index (χ1v) is 5.40. The van der Waals surface area contributed by atoms with Crippen LogP contribution in [0.1, 0.15) is 19.4 Å². The third-order valence-electron chi connectivity index (χ3n) is 2.65. The molecule has 16 heavy (non-hydrogen) atoms. The number of nitrogens with zero attached hydrogens (tertiary/aromatic N) is 1. The lowest BCUT2D eigenvalue weighted by atomic mass is 10.1. The number of hydrogen-bond donors (Lipinski definition) is 2. The largest absolute Gasteiger partial charge is 0.504 e. The monoisotopic (exact) mass is 289 g/mol. The van der Waals surface area contributed by atoms with Crippen molar-refractivity contribution >= 4 is 17.0 Å². The van der Waals surface area contributed by atoms with E-state index in [1.807, 2.05) is 6.07 Å². The Bertz CT molecular complexity index is 314. The highest BCUT2D eigenvalue weighted by molar-refractivity contribution is 8.93. The van der Waals surface area contributed by atoms with Gasteiger partial charge in [-0.25, -0.2) is 0 Å². The zero-order chi connectivity index (χ0) is 11.3. The van der Waals surface area contributed by atoms with Gasteiger partial charge in [-0.15, -0.1) is 17.0 Å². The Hall–Kier alpha value is -0.740. The predicted molar refractivity (Wildman–Crippen MR) is 71.6 cm³/mol. The zero-order valence-corrected chi connectivity index (χ0v) is 11.5. The molecule has 0 heterocycles. The lowest BCUT2D eigenvalue weighted by Gasteiger charge is -2.17. The Kier molecular flexibility index (Phi) is 7.17. The molecule has 4 heteroatoms. The Balaban J connectivity index is 0.00000225. The predicted octanol–water partition coefficient (Wildman–Crippen LogP) is 2.56. The van der Waals surface area contributed by atoms with Gasteiger partial charge >= 0.3 is 0 Å². The number of rotatable bonds is 5. The van der Waals surface area contributed by atoms with Gasteiger partial charge in [0.2, 0.25) is 0 Å². The lowest BCUT2D eigenvalue weighted by molar-refractivity contribution is 0.307. The van der Waals surface area contributed by atoms with Crippen LogP contribution in [0.5, 0.6) is 11.5 Å². The summed E-state index contributed by atoms with van der Waals surface area (Å²) in [5, 5.41) is 18.5. The molecule has 0 atom stereocenters. The van der Waals surface area contributed by atoms with Crippen molar-refractivity contribution in [3.63, 3.8) is 0 Å². The van der Waals surface area contributed by atoms with E-state index in [2.05, 4.69) is 18.7 Å². The summed E-state index contributed by atoms with van der Waals surface area (Å²) in [5.74, 6) is -0.0892. The summed E-state index contributed by atoms with van der Waals surface area (Å²) < 4.78 is 0. The maximum Gasteiger partial charge on any atom is 0.157 e. The van der Waals surface area contributed by atoms with Crippen molar-refractivity contribution in [2.45, 2.75) is 20.3 Å². The number of likely N-dealkylation sites (N-methyl/N-ethyl adjacent to an activating group) is 1. The van der Waals surface area contributed by atoms with Crippen molar-refractivity contribution < 1.29 is 10.2 Å². The summed E-state index contributed by atoms with van der Waals surface area (Å²) in [6.07, 6.45) is 0.898. The van der Waals surface area contributed by atoms with Crippen LogP contribution in [0.3, 0.4) is 0 Å². The number of aromatic hydroxyl groups is 2. The van der Waals surface area contributed by atoms with Crippen molar-refractivity contribution in [3.05, 3.63) is 23.8 Å². The maximum absolute atomic E-state index is 9.32. The molecule has 0 unspecified atom stereocenters. The fraction of sp³-hybridized carbons (Fsp3) is 0.500. The molecule has 0 saturated carbocycles. The molecule has 0 aliphatic rings. The molecule has 0 radical (unpaired) electrons. The molecule has 1 rings (SSSR count). The highest BCUT2D eigenvalue weighted by Gasteiger charge is 2.03. The van der Waals surface area contributed by atoms with Gasteiger partial charge in [0.05, 0.1) is 0 Å².